The highest BCUT2D eigenvalue weighted by Crippen LogP contribution is 2.33. The van der Waals surface area contributed by atoms with Gasteiger partial charge in [0.1, 0.15) is 0 Å². The van der Waals surface area contributed by atoms with Crippen LogP contribution in [0.3, 0.4) is 0 Å². The summed E-state index contributed by atoms with van der Waals surface area (Å²) in [7, 11) is 0. The van der Waals surface area contributed by atoms with E-state index in [1.807, 2.05) is 19.1 Å². The van der Waals surface area contributed by atoms with Gasteiger partial charge in [-0.25, -0.2) is 9.97 Å². The van der Waals surface area contributed by atoms with Gasteiger partial charge in [0.2, 0.25) is 17.8 Å². The van der Waals surface area contributed by atoms with E-state index < -0.39 is 5.91 Å². The summed E-state index contributed by atoms with van der Waals surface area (Å²) in [6, 6.07) is 7.27. The van der Waals surface area contributed by atoms with E-state index in [2.05, 4.69) is 4.98 Å². The quantitative estimate of drug-likeness (QED) is 0.931. The Bertz CT molecular complexity index is 860. The molecule has 128 valence electrons. The van der Waals surface area contributed by atoms with Crippen molar-refractivity contribution >= 4 is 17.8 Å². The van der Waals surface area contributed by atoms with E-state index in [9.17, 15) is 9.59 Å². The first-order chi connectivity index (χ1) is 12.0. The molecule has 1 aliphatic heterocycles. The average Bonchev–Trinajstić information content (AvgIpc) is 3.20. The third-order valence-electron chi connectivity index (χ3n) is 5.07. The Balaban J connectivity index is 1.81. The molecular weight excluding hydrogens is 316 g/mol. The smallest absolute Gasteiger partial charge is 0.248 e. The molecule has 1 aliphatic carbocycles. The van der Waals surface area contributed by atoms with Crippen LogP contribution in [-0.4, -0.2) is 27.8 Å². The molecule has 0 unspecified atom stereocenters. The Kier molecular flexibility index (Phi) is 3.75. The van der Waals surface area contributed by atoms with Gasteiger partial charge in [0.15, 0.2) is 0 Å². The highest BCUT2D eigenvalue weighted by Gasteiger charge is 2.32. The van der Waals surface area contributed by atoms with E-state index in [1.165, 1.54) is 0 Å². The first-order valence-electron chi connectivity index (χ1n) is 8.66. The zero-order valence-electron chi connectivity index (χ0n) is 14.2. The Morgan fingerprint density at radius 1 is 1.16 bits per heavy atom. The highest BCUT2D eigenvalue weighted by atomic mass is 16.2. The predicted molar refractivity (Wildman–Crippen MR) is 94.2 cm³/mol. The number of carbonyl (C=O) groups excluding carboxylic acids is 2. The molecule has 0 radical (unpaired) electrons. The van der Waals surface area contributed by atoms with Crippen LogP contribution in [0.1, 0.15) is 47.8 Å². The maximum absolute atomic E-state index is 12.2. The maximum Gasteiger partial charge on any atom is 0.248 e. The molecule has 25 heavy (non-hydrogen) atoms. The number of aryl methyl sites for hydroxylation is 1. The fraction of sp³-hybridized carbons (Fsp3) is 0.368. The number of hydrogen-bond acceptors (Lipinski definition) is 4. The van der Waals surface area contributed by atoms with Crippen LogP contribution in [0.5, 0.6) is 0 Å². The summed E-state index contributed by atoms with van der Waals surface area (Å²) < 4.78 is 0. The standard InChI is InChI=1S/C19H20N4O2/c1-11-5-10-16(24)23(11)19-21-15-4-2-3-14(15)17(22-19)12-6-8-13(9-7-12)18(20)25/h6-9,11H,2-5,10H2,1H3,(H2,20,25)/t11-/m0/s1. The number of hydrogen-bond donors (Lipinski definition) is 1. The Hall–Kier alpha value is -2.76. The zero-order valence-corrected chi connectivity index (χ0v) is 14.2. The number of fused-ring (bicyclic) bond motifs is 1. The van der Waals surface area contributed by atoms with Crippen LogP contribution in [0.15, 0.2) is 24.3 Å². The molecule has 1 fully saturated rings. The molecule has 6 nitrogen and oxygen atoms in total. The molecule has 2 aromatic rings. The molecule has 1 aromatic carbocycles. The van der Waals surface area contributed by atoms with Crippen molar-refractivity contribution in [2.75, 3.05) is 4.90 Å². The van der Waals surface area contributed by atoms with Crippen LogP contribution < -0.4 is 10.6 Å². The van der Waals surface area contributed by atoms with E-state index in [1.54, 1.807) is 17.0 Å². The summed E-state index contributed by atoms with van der Waals surface area (Å²) in [5, 5.41) is 0. The van der Waals surface area contributed by atoms with Crippen LogP contribution >= 0.6 is 0 Å². The molecule has 2 aliphatic rings. The summed E-state index contributed by atoms with van der Waals surface area (Å²) >= 11 is 0. The van der Waals surface area contributed by atoms with Gasteiger partial charge < -0.3 is 5.73 Å². The number of aromatic nitrogens is 2. The molecule has 1 aromatic heterocycles. The lowest BCUT2D eigenvalue weighted by atomic mass is 10.0. The number of benzene rings is 1. The van der Waals surface area contributed by atoms with E-state index in [0.717, 1.165) is 48.2 Å². The van der Waals surface area contributed by atoms with E-state index in [-0.39, 0.29) is 11.9 Å². The number of carbonyl (C=O) groups is 2. The number of primary amides is 1. The molecule has 6 heteroatoms. The highest BCUT2D eigenvalue weighted by molar-refractivity contribution is 5.95. The first kappa shape index (κ1) is 15.7. The summed E-state index contributed by atoms with van der Waals surface area (Å²) in [6.45, 7) is 2.03. The topological polar surface area (TPSA) is 89.2 Å². The van der Waals surface area contributed by atoms with Gasteiger partial charge in [-0.1, -0.05) is 12.1 Å². The summed E-state index contributed by atoms with van der Waals surface area (Å²) in [5.41, 5.74) is 9.76. The van der Waals surface area contributed by atoms with Gasteiger partial charge in [0.25, 0.3) is 0 Å². The minimum atomic E-state index is -0.448. The molecule has 2 N–H and O–H groups in total. The third kappa shape index (κ3) is 2.67. The zero-order chi connectivity index (χ0) is 17.6. The summed E-state index contributed by atoms with van der Waals surface area (Å²) in [6.07, 6.45) is 4.27. The first-order valence-corrected chi connectivity index (χ1v) is 8.66. The lowest BCUT2D eigenvalue weighted by Gasteiger charge is -2.21. The predicted octanol–water partition coefficient (Wildman–Crippen LogP) is 2.25. The molecule has 2 amide bonds. The number of rotatable bonds is 3. The maximum atomic E-state index is 12.2. The summed E-state index contributed by atoms with van der Waals surface area (Å²) in [5.74, 6) is 0.141. The second-order valence-corrected chi connectivity index (χ2v) is 6.74. The molecule has 1 atom stereocenters. The minimum Gasteiger partial charge on any atom is -0.366 e. The lowest BCUT2D eigenvalue weighted by Crippen LogP contribution is -2.32. The molecule has 0 spiro atoms. The minimum absolute atomic E-state index is 0.0838. The van der Waals surface area contributed by atoms with Gasteiger partial charge in [-0.15, -0.1) is 0 Å². The van der Waals surface area contributed by atoms with Crippen molar-refractivity contribution < 1.29 is 9.59 Å². The van der Waals surface area contributed by atoms with Crippen LogP contribution in [-0.2, 0) is 17.6 Å². The second kappa shape index (κ2) is 5.95. The monoisotopic (exact) mass is 336 g/mol. The van der Waals surface area contributed by atoms with E-state index >= 15 is 0 Å². The van der Waals surface area contributed by atoms with Crippen molar-refractivity contribution in [3.8, 4) is 11.3 Å². The van der Waals surface area contributed by atoms with Crippen molar-refractivity contribution in [2.45, 2.75) is 45.1 Å². The number of anilines is 1. The van der Waals surface area contributed by atoms with Gasteiger partial charge in [-0.05, 0) is 44.7 Å². The van der Waals surface area contributed by atoms with Crippen LogP contribution in [0.25, 0.3) is 11.3 Å². The Labute approximate surface area is 146 Å². The third-order valence-corrected chi connectivity index (χ3v) is 5.07. The van der Waals surface area contributed by atoms with Crippen molar-refractivity contribution in [1.29, 1.82) is 0 Å². The van der Waals surface area contributed by atoms with Gasteiger partial charge in [0.05, 0.1) is 5.69 Å². The Morgan fingerprint density at radius 2 is 1.92 bits per heavy atom. The molecule has 2 heterocycles. The van der Waals surface area contributed by atoms with Gasteiger partial charge in [-0.2, -0.15) is 0 Å². The normalized spacial score (nSPS) is 19.3. The molecule has 4 rings (SSSR count). The number of amides is 2. The van der Waals surface area contributed by atoms with Crippen LogP contribution in [0, 0.1) is 0 Å². The fourth-order valence-corrected chi connectivity index (χ4v) is 3.69. The largest absolute Gasteiger partial charge is 0.366 e. The van der Waals surface area contributed by atoms with Crippen LogP contribution in [0.4, 0.5) is 5.95 Å². The van der Waals surface area contributed by atoms with Crippen molar-refractivity contribution in [3.05, 3.63) is 41.1 Å². The fourth-order valence-electron chi connectivity index (χ4n) is 3.69. The lowest BCUT2D eigenvalue weighted by molar-refractivity contribution is -0.117. The van der Waals surface area contributed by atoms with E-state index in [0.29, 0.717) is 17.9 Å². The van der Waals surface area contributed by atoms with Gasteiger partial charge >= 0.3 is 0 Å². The van der Waals surface area contributed by atoms with Gasteiger partial charge in [0, 0.05) is 34.8 Å². The average molecular weight is 336 g/mol. The Morgan fingerprint density at radius 3 is 2.56 bits per heavy atom. The SMILES string of the molecule is C[C@H]1CCC(=O)N1c1nc2c(c(-c3ccc(C(N)=O)cc3)n1)CCC2. The number of nitrogens with two attached hydrogens (primary N) is 1. The molecule has 0 saturated carbocycles. The van der Waals surface area contributed by atoms with Crippen molar-refractivity contribution in [2.24, 2.45) is 5.73 Å². The molecular formula is C19H20N4O2. The number of nitrogens with zero attached hydrogens (tertiary/aromatic N) is 3. The second-order valence-electron chi connectivity index (χ2n) is 6.74. The van der Waals surface area contributed by atoms with Gasteiger partial charge in [-0.3, -0.25) is 14.5 Å². The molecule has 0 bridgehead atoms. The molecule has 1 saturated heterocycles. The van der Waals surface area contributed by atoms with Crippen LogP contribution in [0.2, 0.25) is 0 Å². The summed E-state index contributed by atoms with van der Waals surface area (Å²) in [4.78, 5) is 34.7. The van der Waals surface area contributed by atoms with E-state index in [4.69, 9.17) is 10.7 Å². The van der Waals surface area contributed by atoms with Crippen molar-refractivity contribution in [3.63, 3.8) is 0 Å². The van der Waals surface area contributed by atoms with Crippen molar-refractivity contribution in [1.82, 2.24) is 9.97 Å².